The molecule has 92 valence electrons. The summed E-state index contributed by atoms with van der Waals surface area (Å²) < 4.78 is 0. The number of likely N-dealkylation sites (tertiary alicyclic amines) is 1. The molecule has 7 heteroatoms. The standard InChI is InChI=1S/C10H16N6O/c11-8(12)7-6-13-15-9(7)14-10(17)16-4-2-1-3-5-16/h6H,1-5H2,(H3,11,12)(H2,13,14,15,17). The second kappa shape index (κ2) is 4.86. The van der Waals surface area contributed by atoms with Crippen LogP contribution in [0.5, 0.6) is 0 Å². The summed E-state index contributed by atoms with van der Waals surface area (Å²) in [5, 5.41) is 16.4. The topological polar surface area (TPSA) is 111 Å². The lowest BCUT2D eigenvalue weighted by Crippen LogP contribution is -2.39. The molecule has 0 spiro atoms. The summed E-state index contributed by atoms with van der Waals surface area (Å²) in [4.78, 5) is 13.7. The number of urea groups is 1. The summed E-state index contributed by atoms with van der Waals surface area (Å²) in [6, 6.07) is -0.170. The number of nitrogens with two attached hydrogens (primary N) is 1. The lowest BCUT2D eigenvalue weighted by molar-refractivity contribution is 0.200. The van der Waals surface area contributed by atoms with E-state index in [9.17, 15) is 4.79 Å². The molecule has 2 heterocycles. The third-order valence-electron chi connectivity index (χ3n) is 2.80. The molecule has 1 aromatic heterocycles. The van der Waals surface area contributed by atoms with E-state index in [1.165, 1.54) is 12.6 Å². The third kappa shape index (κ3) is 2.55. The van der Waals surface area contributed by atoms with Gasteiger partial charge in [-0.2, -0.15) is 5.10 Å². The van der Waals surface area contributed by atoms with Gasteiger partial charge in [-0.25, -0.2) is 4.79 Å². The number of carbonyl (C=O) groups excluding carboxylic acids is 1. The van der Waals surface area contributed by atoms with Gasteiger partial charge in [-0.05, 0) is 19.3 Å². The van der Waals surface area contributed by atoms with Crippen molar-refractivity contribution in [3.63, 3.8) is 0 Å². The van der Waals surface area contributed by atoms with E-state index >= 15 is 0 Å². The first-order valence-electron chi connectivity index (χ1n) is 5.62. The van der Waals surface area contributed by atoms with Crippen LogP contribution in [0.2, 0.25) is 0 Å². The Balaban J connectivity index is 2.02. The van der Waals surface area contributed by atoms with Crippen LogP contribution in [0, 0.1) is 5.41 Å². The van der Waals surface area contributed by atoms with Gasteiger partial charge < -0.3 is 10.6 Å². The number of nitrogens with one attached hydrogen (secondary N) is 3. The molecule has 0 saturated carbocycles. The molecule has 1 aromatic rings. The minimum Gasteiger partial charge on any atom is -0.384 e. The molecule has 0 unspecified atom stereocenters. The lowest BCUT2D eigenvalue weighted by atomic mass is 10.1. The Kier molecular flexibility index (Phi) is 3.27. The second-order valence-electron chi connectivity index (χ2n) is 4.05. The molecule has 0 aromatic carbocycles. The van der Waals surface area contributed by atoms with Crippen molar-refractivity contribution in [2.45, 2.75) is 19.3 Å². The Morgan fingerprint density at radius 1 is 1.47 bits per heavy atom. The number of piperidine rings is 1. The first-order chi connectivity index (χ1) is 8.18. The summed E-state index contributed by atoms with van der Waals surface area (Å²) in [6.45, 7) is 1.55. The smallest absolute Gasteiger partial charge is 0.323 e. The fraction of sp³-hybridized carbons (Fsp3) is 0.500. The molecule has 0 aliphatic carbocycles. The quantitative estimate of drug-likeness (QED) is 0.448. The van der Waals surface area contributed by atoms with E-state index in [1.54, 1.807) is 4.90 Å². The minimum atomic E-state index is -0.170. The average molecular weight is 236 g/mol. The van der Waals surface area contributed by atoms with Gasteiger partial charge in [-0.3, -0.25) is 15.8 Å². The number of H-pyrrole nitrogens is 1. The Bertz CT molecular complexity index is 420. The van der Waals surface area contributed by atoms with Gasteiger partial charge in [0.25, 0.3) is 0 Å². The summed E-state index contributed by atoms with van der Waals surface area (Å²) in [7, 11) is 0. The zero-order valence-corrected chi connectivity index (χ0v) is 9.49. The molecule has 2 rings (SSSR count). The van der Waals surface area contributed by atoms with Gasteiger partial charge >= 0.3 is 6.03 Å². The van der Waals surface area contributed by atoms with Gasteiger partial charge in [0.1, 0.15) is 11.7 Å². The van der Waals surface area contributed by atoms with Crippen molar-refractivity contribution in [1.29, 1.82) is 5.41 Å². The molecule has 0 radical (unpaired) electrons. The highest BCUT2D eigenvalue weighted by molar-refractivity contribution is 6.02. The number of nitrogen functional groups attached to an aromatic ring is 1. The van der Waals surface area contributed by atoms with Crippen LogP contribution in [-0.2, 0) is 0 Å². The minimum absolute atomic E-state index is 0.118. The predicted octanol–water partition coefficient (Wildman–Crippen LogP) is 0.712. The Labute approximate surface area is 98.9 Å². The van der Waals surface area contributed by atoms with Crippen molar-refractivity contribution in [2.75, 3.05) is 18.4 Å². The van der Waals surface area contributed by atoms with E-state index in [4.69, 9.17) is 11.1 Å². The molecule has 0 atom stereocenters. The number of aromatic amines is 1. The largest absolute Gasteiger partial charge is 0.384 e. The van der Waals surface area contributed by atoms with Crippen molar-refractivity contribution in [3.8, 4) is 0 Å². The Morgan fingerprint density at radius 2 is 2.18 bits per heavy atom. The number of amidine groups is 1. The van der Waals surface area contributed by atoms with Crippen LogP contribution >= 0.6 is 0 Å². The van der Waals surface area contributed by atoms with Gasteiger partial charge in [0, 0.05) is 13.1 Å². The van der Waals surface area contributed by atoms with Gasteiger partial charge in [0.05, 0.1) is 11.8 Å². The van der Waals surface area contributed by atoms with Crippen molar-refractivity contribution in [1.82, 2.24) is 15.1 Å². The molecule has 1 aliphatic rings. The zero-order valence-electron chi connectivity index (χ0n) is 9.49. The van der Waals surface area contributed by atoms with Gasteiger partial charge in [-0.1, -0.05) is 0 Å². The van der Waals surface area contributed by atoms with E-state index in [-0.39, 0.29) is 11.9 Å². The summed E-state index contributed by atoms with van der Waals surface area (Å²) in [6.07, 6.45) is 4.67. The third-order valence-corrected chi connectivity index (χ3v) is 2.80. The fourth-order valence-corrected chi connectivity index (χ4v) is 1.87. The SMILES string of the molecule is N=C(N)c1cn[nH]c1NC(=O)N1CCCCC1. The van der Waals surface area contributed by atoms with E-state index in [0.29, 0.717) is 11.4 Å². The Morgan fingerprint density at radius 3 is 2.82 bits per heavy atom. The van der Waals surface area contributed by atoms with E-state index < -0.39 is 0 Å². The number of carbonyl (C=O) groups is 1. The summed E-state index contributed by atoms with van der Waals surface area (Å²) >= 11 is 0. The molecule has 1 aliphatic heterocycles. The Hall–Kier alpha value is -2.05. The van der Waals surface area contributed by atoms with Crippen molar-refractivity contribution in [2.24, 2.45) is 5.73 Å². The average Bonchev–Trinajstić information content (AvgIpc) is 2.78. The molecule has 17 heavy (non-hydrogen) atoms. The van der Waals surface area contributed by atoms with E-state index in [1.807, 2.05) is 0 Å². The van der Waals surface area contributed by atoms with Crippen LogP contribution in [0.4, 0.5) is 10.6 Å². The lowest BCUT2D eigenvalue weighted by Gasteiger charge is -2.26. The van der Waals surface area contributed by atoms with Crippen LogP contribution in [0.15, 0.2) is 6.20 Å². The molecular weight excluding hydrogens is 220 g/mol. The summed E-state index contributed by atoms with van der Waals surface area (Å²) in [5.41, 5.74) is 5.78. The van der Waals surface area contributed by atoms with E-state index in [0.717, 1.165) is 25.9 Å². The van der Waals surface area contributed by atoms with Gasteiger partial charge in [0.15, 0.2) is 0 Å². The van der Waals surface area contributed by atoms with Crippen LogP contribution in [0.3, 0.4) is 0 Å². The number of aromatic nitrogens is 2. The van der Waals surface area contributed by atoms with Crippen LogP contribution < -0.4 is 11.1 Å². The molecule has 5 N–H and O–H groups in total. The normalized spacial score (nSPS) is 15.6. The number of nitrogens with zero attached hydrogens (tertiary/aromatic N) is 2. The number of anilines is 1. The first-order valence-corrected chi connectivity index (χ1v) is 5.62. The monoisotopic (exact) mass is 236 g/mol. The van der Waals surface area contributed by atoms with Crippen LogP contribution in [0.25, 0.3) is 0 Å². The van der Waals surface area contributed by atoms with Gasteiger partial charge in [0.2, 0.25) is 0 Å². The molecule has 0 bridgehead atoms. The maximum absolute atomic E-state index is 11.9. The highest BCUT2D eigenvalue weighted by Gasteiger charge is 2.18. The van der Waals surface area contributed by atoms with E-state index in [2.05, 4.69) is 15.5 Å². The van der Waals surface area contributed by atoms with Crippen molar-refractivity contribution in [3.05, 3.63) is 11.8 Å². The van der Waals surface area contributed by atoms with Crippen molar-refractivity contribution < 1.29 is 4.79 Å². The molecule has 2 amide bonds. The molecular formula is C10H16N6O. The molecule has 7 nitrogen and oxygen atoms in total. The number of hydrogen-bond donors (Lipinski definition) is 4. The number of rotatable bonds is 2. The first kappa shape index (κ1) is 11.4. The number of hydrogen-bond acceptors (Lipinski definition) is 3. The maximum Gasteiger partial charge on any atom is 0.323 e. The van der Waals surface area contributed by atoms with Crippen molar-refractivity contribution >= 4 is 17.7 Å². The fourth-order valence-electron chi connectivity index (χ4n) is 1.87. The van der Waals surface area contributed by atoms with Crippen LogP contribution in [-0.4, -0.2) is 40.1 Å². The molecule has 1 saturated heterocycles. The highest BCUT2D eigenvalue weighted by Crippen LogP contribution is 2.13. The number of amides is 2. The summed E-state index contributed by atoms with van der Waals surface area (Å²) in [5.74, 6) is 0.265. The predicted molar refractivity (Wildman–Crippen MR) is 64.0 cm³/mol. The van der Waals surface area contributed by atoms with Gasteiger partial charge in [-0.15, -0.1) is 0 Å². The maximum atomic E-state index is 11.9. The van der Waals surface area contributed by atoms with Crippen LogP contribution in [0.1, 0.15) is 24.8 Å². The zero-order chi connectivity index (χ0) is 12.3. The second-order valence-corrected chi connectivity index (χ2v) is 4.05. The molecule has 1 fully saturated rings. The highest BCUT2D eigenvalue weighted by atomic mass is 16.2.